The fourth-order valence-corrected chi connectivity index (χ4v) is 3.17. The SMILES string of the molecule is O=C(O)Nc1ccc(Cl)c(C(=O)Nc2ncc(-c3cnn(-c4ccc(F)cc4)c3)cc2F)c1. The standard InChI is InChI=1S/C22H14ClF2N5O3/c23-18-6-3-15(28-22(32)33)8-17(18)21(31)29-20-19(25)7-12(9-26-20)13-10-27-30(11-13)16-4-1-14(24)2-5-16/h1-11,28H,(H,32,33)(H,26,29,31). The van der Waals surface area contributed by atoms with Crippen molar-refractivity contribution < 1.29 is 23.5 Å². The van der Waals surface area contributed by atoms with Crippen LogP contribution in [0.1, 0.15) is 10.4 Å². The van der Waals surface area contributed by atoms with Crippen molar-refractivity contribution in [1.29, 1.82) is 0 Å². The van der Waals surface area contributed by atoms with Gasteiger partial charge in [0, 0.05) is 29.2 Å². The number of carbonyl (C=O) groups excluding carboxylic acids is 1. The Morgan fingerprint density at radius 1 is 0.970 bits per heavy atom. The molecule has 0 unspecified atom stereocenters. The Balaban J connectivity index is 1.53. The van der Waals surface area contributed by atoms with E-state index in [4.69, 9.17) is 16.7 Å². The van der Waals surface area contributed by atoms with Crippen LogP contribution < -0.4 is 10.6 Å². The minimum Gasteiger partial charge on any atom is -0.465 e. The van der Waals surface area contributed by atoms with Gasteiger partial charge in [0.2, 0.25) is 0 Å². The Bertz CT molecular complexity index is 1360. The highest BCUT2D eigenvalue weighted by Crippen LogP contribution is 2.25. The Kier molecular flexibility index (Phi) is 6.01. The number of nitrogens with zero attached hydrogens (tertiary/aromatic N) is 3. The summed E-state index contributed by atoms with van der Waals surface area (Å²) in [5.74, 6) is -2.27. The first kappa shape index (κ1) is 21.9. The van der Waals surface area contributed by atoms with E-state index in [1.807, 2.05) is 0 Å². The molecule has 2 amide bonds. The van der Waals surface area contributed by atoms with E-state index in [1.165, 1.54) is 53.5 Å². The largest absolute Gasteiger partial charge is 0.465 e. The number of aromatic nitrogens is 3. The second-order valence-corrected chi connectivity index (χ2v) is 7.19. The number of hydrogen-bond acceptors (Lipinski definition) is 4. The molecule has 0 bridgehead atoms. The van der Waals surface area contributed by atoms with Crippen LogP contribution in [0.15, 0.2) is 67.1 Å². The van der Waals surface area contributed by atoms with Gasteiger partial charge in [0.25, 0.3) is 5.91 Å². The molecule has 8 nitrogen and oxygen atoms in total. The van der Waals surface area contributed by atoms with Crippen molar-refractivity contribution in [2.45, 2.75) is 0 Å². The molecule has 0 aliphatic heterocycles. The van der Waals surface area contributed by atoms with Gasteiger partial charge < -0.3 is 10.4 Å². The van der Waals surface area contributed by atoms with E-state index in [2.05, 4.69) is 20.7 Å². The van der Waals surface area contributed by atoms with Crippen molar-refractivity contribution in [2.24, 2.45) is 0 Å². The minimum atomic E-state index is -1.31. The molecule has 0 saturated heterocycles. The predicted octanol–water partition coefficient (Wildman–Crippen LogP) is 5.21. The Hall–Kier alpha value is -4.31. The van der Waals surface area contributed by atoms with Crippen LogP contribution in [0.4, 0.5) is 25.1 Å². The van der Waals surface area contributed by atoms with Crippen LogP contribution >= 0.6 is 11.6 Å². The molecule has 33 heavy (non-hydrogen) atoms. The molecule has 2 aromatic carbocycles. The number of carboxylic acid groups (broad SMARTS) is 1. The molecule has 0 spiro atoms. The molecule has 2 aromatic heterocycles. The van der Waals surface area contributed by atoms with Gasteiger partial charge in [0.1, 0.15) is 5.82 Å². The summed E-state index contributed by atoms with van der Waals surface area (Å²) in [6.45, 7) is 0. The third-order valence-electron chi connectivity index (χ3n) is 4.54. The average Bonchev–Trinajstić information content (AvgIpc) is 3.27. The van der Waals surface area contributed by atoms with Gasteiger partial charge in [-0.15, -0.1) is 0 Å². The van der Waals surface area contributed by atoms with E-state index >= 15 is 0 Å². The highest BCUT2D eigenvalue weighted by atomic mass is 35.5. The average molecular weight is 470 g/mol. The van der Waals surface area contributed by atoms with E-state index in [-0.39, 0.29) is 27.9 Å². The van der Waals surface area contributed by atoms with Crippen molar-refractivity contribution in [3.63, 3.8) is 0 Å². The van der Waals surface area contributed by atoms with Crippen LogP contribution in [0.25, 0.3) is 16.8 Å². The topological polar surface area (TPSA) is 109 Å². The molecule has 0 aliphatic rings. The molecule has 2 heterocycles. The maximum atomic E-state index is 14.7. The fourth-order valence-electron chi connectivity index (χ4n) is 2.97. The molecule has 0 atom stereocenters. The monoisotopic (exact) mass is 469 g/mol. The van der Waals surface area contributed by atoms with Gasteiger partial charge in [-0.1, -0.05) is 11.6 Å². The van der Waals surface area contributed by atoms with Gasteiger partial charge in [0.15, 0.2) is 11.6 Å². The third kappa shape index (κ3) is 4.96. The van der Waals surface area contributed by atoms with Crippen LogP contribution in [0.5, 0.6) is 0 Å². The van der Waals surface area contributed by atoms with Gasteiger partial charge in [-0.3, -0.25) is 10.1 Å². The lowest BCUT2D eigenvalue weighted by atomic mass is 10.1. The van der Waals surface area contributed by atoms with E-state index in [0.29, 0.717) is 16.8 Å². The number of nitrogens with one attached hydrogen (secondary N) is 2. The number of pyridine rings is 1. The highest BCUT2D eigenvalue weighted by Gasteiger charge is 2.16. The number of anilines is 2. The molecule has 4 aromatic rings. The number of halogens is 3. The maximum Gasteiger partial charge on any atom is 0.409 e. The van der Waals surface area contributed by atoms with Crippen molar-refractivity contribution in [2.75, 3.05) is 10.6 Å². The Labute approximate surface area is 190 Å². The zero-order chi connectivity index (χ0) is 23.5. The second kappa shape index (κ2) is 9.05. The fraction of sp³-hybridized carbons (Fsp3) is 0. The quantitative estimate of drug-likeness (QED) is 0.372. The number of benzene rings is 2. The maximum absolute atomic E-state index is 14.7. The zero-order valence-electron chi connectivity index (χ0n) is 16.6. The second-order valence-electron chi connectivity index (χ2n) is 6.78. The van der Waals surface area contributed by atoms with Crippen LogP contribution in [-0.2, 0) is 0 Å². The van der Waals surface area contributed by atoms with Gasteiger partial charge in [0.05, 0.1) is 22.5 Å². The molecule has 166 valence electrons. The van der Waals surface area contributed by atoms with E-state index < -0.39 is 17.8 Å². The number of hydrogen-bond donors (Lipinski definition) is 3. The molecular formula is C22H14ClF2N5O3. The summed E-state index contributed by atoms with van der Waals surface area (Å²) >= 11 is 6.02. The Morgan fingerprint density at radius 2 is 1.73 bits per heavy atom. The summed E-state index contributed by atoms with van der Waals surface area (Å²) in [4.78, 5) is 27.3. The smallest absolute Gasteiger partial charge is 0.409 e. The first-order chi connectivity index (χ1) is 15.8. The molecule has 11 heteroatoms. The highest BCUT2D eigenvalue weighted by molar-refractivity contribution is 6.34. The van der Waals surface area contributed by atoms with Crippen LogP contribution in [0, 0.1) is 11.6 Å². The summed E-state index contributed by atoms with van der Waals surface area (Å²) in [7, 11) is 0. The van der Waals surface area contributed by atoms with E-state index in [0.717, 1.165) is 0 Å². The van der Waals surface area contributed by atoms with Crippen molar-refractivity contribution in [3.05, 3.63) is 89.3 Å². The molecule has 3 N–H and O–H groups in total. The van der Waals surface area contributed by atoms with Crippen LogP contribution in [0.2, 0.25) is 5.02 Å². The number of amides is 2. The summed E-state index contributed by atoms with van der Waals surface area (Å²) in [5.41, 5.74) is 1.65. The normalized spacial score (nSPS) is 10.6. The minimum absolute atomic E-state index is 0.0497. The molecule has 0 radical (unpaired) electrons. The zero-order valence-corrected chi connectivity index (χ0v) is 17.3. The first-order valence-corrected chi connectivity index (χ1v) is 9.75. The summed E-state index contributed by atoms with van der Waals surface area (Å²) in [6, 6.07) is 10.8. The summed E-state index contributed by atoms with van der Waals surface area (Å²) in [6.07, 6.45) is 3.17. The number of carbonyl (C=O) groups is 2. The summed E-state index contributed by atoms with van der Waals surface area (Å²) < 4.78 is 29.3. The van der Waals surface area contributed by atoms with Gasteiger partial charge in [-0.2, -0.15) is 5.10 Å². The molecule has 0 fully saturated rings. The lowest BCUT2D eigenvalue weighted by Gasteiger charge is -2.09. The third-order valence-corrected chi connectivity index (χ3v) is 4.87. The van der Waals surface area contributed by atoms with Crippen LogP contribution in [0.3, 0.4) is 0 Å². The first-order valence-electron chi connectivity index (χ1n) is 9.37. The molecule has 0 saturated carbocycles. The van der Waals surface area contributed by atoms with Gasteiger partial charge in [-0.05, 0) is 48.5 Å². The van der Waals surface area contributed by atoms with Crippen LogP contribution in [-0.4, -0.2) is 31.9 Å². The van der Waals surface area contributed by atoms with E-state index in [9.17, 15) is 18.4 Å². The number of rotatable bonds is 5. The molecule has 4 rings (SSSR count). The van der Waals surface area contributed by atoms with Gasteiger partial charge >= 0.3 is 6.09 Å². The molecular weight excluding hydrogens is 456 g/mol. The lowest BCUT2D eigenvalue weighted by molar-refractivity contribution is 0.102. The van der Waals surface area contributed by atoms with Crippen molar-refractivity contribution >= 4 is 35.1 Å². The lowest BCUT2D eigenvalue weighted by Crippen LogP contribution is -2.16. The summed E-state index contributed by atoms with van der Waals surface area (Å²) in [5, 5.41) is 17.5. The van der Waals surface area contributed by atoms with Crippen molar-refractivity contribution in [3.8, 4) is 16.8 Å². The van der Waals surface area contributed by atoms with E-state index in [1.54, 1.807) is 18.3 Å². The predicted molar refractivity (Wildman–Crippen MR) is 118 cm³/mol. The van der Waals surface area contributed by atoms with Gasteiger partial charge in [-0.25, -0.2) is 23.2 Å². The Morgan fingerprint density at radius 3 is 2.42 bits per heavy atom. The van der Waals surface area contributed by atoms with Crippen molar-refractivity contribution in [1.82, 2.24) is 14.8 Å². The molecule has 0 aliphatic carbocycles.